The summed E-state index contributed by atoms with van der Waals surface area (Å²) in [4.78, 5) is 33.6. The molecule has 7 heteroatoms. The predicted octanol–water partition coefficient (Wildman–Crippen LogP) is 4.72. The second-order valence-electron chi connectivity index (χ2n) is 7.49. The van der Waals surface area contributed by atoms with Crippen LogP contribution in [-0.4, -0.2) is 24.0 Å². The molecule has 2 amide bonds. The first-order valence-electron chi connectivity index (χ1n) is 9.23. The highest BCUT2D eigenvalue weighted by Gasteiger charge is 2.60. The minimum Gasteiger partial charge on any atom is -0.273 e. The van der Waals surface area contributed by atoms with Gasteiger partial charge in [0, 0.05) is 0 Å². The molecule has 2 heterocycles. The molecule has 0 unspecified atom stereocenters. The van der Waals surface area contributed by atoms with E-state index in [-0.39, 0.29) is 27.7 Å². The number of imide groups is 1. The third-order valence-corrected chi connectivity index (χ3v) is 5.73. The molecule has 28 heavy (non-hydrogen) atoms. The first kappa shape index (κ1) is 19.2. The van der Waals surface area contributed by atoms with Crippen molar-refractivity contribution in [3.8, 4) is 0 Å². The zero-order valence-corrected chi connectivity index (χ0v) is 17.0. The molecule has 2 saturated heterocycles. The van der Waals surface area contributed by atoms with Crippen LogP contribution in [0.5, 0.6) is 0 Å². The minimum absolute atomic E-state index is 0.230. The molecule has 3 atom stereocenters. The number of rotatable bonds is 4. The lowest BCUT2D eigenvalue weighted by molar-refractivity contribution is -0.126. The molecule has 5 nitrogen and oxygen atoms in total. The summed E-state index contributed by atoms with van der Waals surface area (Å²) in [7, 11) is 0. The second-order valence-corrected chi connectivity index (χ2v) is 8.31. The van der Waals surface area contributed by atoms with Gasteiger partial charge in [-0.1, -0.05) is 61.3 Å². The Morgan fingerprint density at radius 2 is 1.61 bits per heavy atom. The van der Waals surface area contributed by atoms with Crippen LogP contribution in [-0.2, 0) is 14.4 Å². The summed E-state index contributed by atoms with van der Waals surface area (Å²) in [5.74, 6) is -1.05. The van der Waals surface area contributed by atoms with Crippen LogP contribution in [0, 0.1) is 11.8 Å². The summed E-state index contributed by atoms with van der Waals surface area (Å²) in [5.41, 5.74) is 1.05. The standard InChI is InChI=1S/C21H20Cl2N2O3/c1-12(2)11-16-17-19(28-25(16)13-7-4-3-5-8-13)21(27)24(20(17)26)18-14(22)9-6-10-15(18)23/h3-10,12,16-17,19H,11H2,1-2H3/t16-,17+,19+/m0/s1. The molecule has 2 aliphatic heterocycles. The van der Waals surface area contributed by atoms with Crippen molar-refractivity contribution in [3.05, 3.63) is 58.6 Å². The van der Waals surface area contributed by atoms with E-state index >= 15 is 0 Å². The molecule has 0 aromatic heterocycles. The third-order valence-electron chi connectivity index (χ3n) is 5.12. The highest BCUT2D eigenvalue weighted by atomic mass is 35.5. The molecule has 0 spiro atoms. The fourth-order valence-corrected chi connectivity index (χ4v) is 4.53. The number of carbonyl (C=O) groups is 2. The number of hydrogen-bond acceptors (Lipinski definition) is 4. The average Bonchev–Trinajstić information content (AvgIpc) is 3.13. The summed E-state index contributed by atoms with van der Waals surface area (Å²) < 4.78 is 0. The minimum atomic E-state index is -0.885. The van der Waals surface area contributed by atoms with Crippen LogP contribution in [0.15, 0.2) is 48.5 Å². The van der Waals surface area contributed by atoms with Gasteiger partial charge in [-0.3, -0.25) is 14.4 Å². The number of fused-ring (bicyclic) bond motifs is 1. The van der Waals surface area contributed by atoms with Gasteiger partial charge < -0.3 is 0 Å². The maximum absolute atomic E-state index is 13.4. The van der Waals surface area contributed by atoms with E-state index in [9.17, 15) is 9.59 Å². The largest absolute Gasteiger partial charge is 0.273 e. The number of hydrogen-bond donors (Lipinski definition) is 0. The highest BCUT2D eigenvalue weighted by Crippen LogP contribution is 2.45. The zero-order valence-electron chi connectivity index (χ0n) is 15.5. The summed E-state index contributed by atoms with van der Waals surface area (Å²) in [6, 6.07) is 14.2. The second kappa shape index (κ2) is 7.39. The van der Waals surface area contributed by atoms with Gasteiger partial charge in [0.15, 0.2) is 6.10 Å². The topological polar surface area (TPSA) is 49.9 Å². The van der Waals surface area contributed by atoms with Crippen LogP contribution in [0.1, 0.15) is 20.3 Å². The Hall–Kier alpha value is -2.08. The van der Waals surface area contributed by atoms with Crippen LogP contribution in [0.2, 0.25) is 10.0 Å². The molecule has 146 valence electrons. The van der Waals surface area contributed by atoms with Gasteiger partial charge >= 0.3 is 0 Å². The molecule has 4 rings (SSSR count). The molecule has 0 radical (unpaired) electrons. The van der Waals surface area contributed by atoms with Gasteiger partial charge in [-0.25, -0.2) is 9.96 Å². The van der Waals surface area contributed by atoms with E-state index in [0.29, 0.717) is 12.3 Å². The Morgan fingerprint density at radius 1 is 0.964 bits per heavy atom. The number of halogens is 2. The molecule has 0 aliphatic carbocycles. The Morgan fingerprint density at radius 3 is 2.21 bits per heavy atom. The molecule has 2 aromatic carbocycles. The van der Waals surface area contributed by atoms with Crippen molar-refractivity contribution < 1.29 is 14.4 Å². The Balaban J connectivity index is 1.73. The number of anilines is 2. The zero-order chi connectivity index (χ0) is 20.0. The highest BCUT2D eigenvalue weighted by molar-refractivity contribution is 6.42. The van der Waals surface area contributed by atoms with Gasteiger partial charge in [0.25, 0.3) is 5.91 Å². The Labute approximate surface area is 173 Å². The Kier molecular flexibility index (Phi) is 5.08. The monoisotopic (exact) mass is 418 g/mol. The van der Waals surface area contributed by atoms with Crippen molar-refractivity contribution >= 4 is 46.4 Å². The molecule has 0 N–H and O–H groups in total. The van der Waals surface area contributed by atoms with Crippen molar-refractivity contribution in [2.45, 2.75) is 32.4 Å². The van der Waals surface area contributed by atoms with E-state index in [4.69, 9.17) is 28.0 Å². The van der Waals surface area contributed by atoms with Gasteiger partial charge in [0.05, 0.1) is 33.4 Å². The number of carbonyl (C=O) groups excluding carboxylic acids is 2. The van der Waals surface area contributed by atoms with E-state index in [0.717, 1.165) is 10.6 Å². The van der Waals surface area contributed by atoms with Crippen molar-refractivity contribution in [1.29, 1.82) is 0 Å². The van der Waals surface area contributed by atoms with E-state index in [1.807, 2.05) is 30.3 Å². The lowest BCUT2D eigenvalue weighted by Crippen LogP contribution is -2.41. The summed E-state index contributed by atoms with van der Waals surface area (Å²) in [6.07, 6.45) is -0.178. The van der Waals surface area contributed by atoms with Crippen molar-refractivity contribution in [3.63, 3.8) is 0 Å². The maximum Gasteiger partial charge on any atom is 0.266 e. The van der Waals surface area contributed by atoms with E-state index in [1.165, 1.54) is 0 Å². The molecular weight excluding hydrogens is 399 g/mol. The van der Waals surface area contributed by atoms with Gasteiger partial charge in [0.1, 0.15) is 0 Å². The number of benzene rings is 2. The molecule has 0 saturated carbocycles. The van der Waals surface area contributed by atoms with Gasteiger partial charge in [-0.2, -0.15) is 0 Å². The number of amides is 2. The van der Waals surface area contributed by atoms with E-state index in [1.54, 1.807) is 23.3 Å². The van der Waals surface area contributed by atoms with Crippen LogP contribution in [0.25, 0.3) is 0 Å². The van der Waals surface area contributed by atoms with E-state index < -0.39 is 17.9 Å². The van der Waals surface area contributed by atoms with Gasteiger partial charge in [0.2, 0.25) is 5.91 Å². The quantitative estimate of drug-likeness (QED) is 0.674. The Bertz CT molecular complexity index is 899. The summed E-state index contributed by atoms with van der Waals surface area (Å²) in [6.45, 7) is 4.17. The smallest absolute Gasteiger partial charge is 0.266 e. The van der Waals surface area contributed by atoms with Crippen LogP contribution in [0.4, 0.5) is 11.4 Å². The van der Waals surface area contributed by atoms with Gasteiger partial charge in [-0.15, -0.1) is 0 Å². The normalized spacial score (nSPS) is 24.4. The van der Waals surface area contributed by atoms with Crippen LogP contribution < -0.4 is 9.96 Å². The fourth-order valence-electron chi connectivity index (χ4n) is 3.97. The molecule has 2 aliphatic rings. The third kappa shape index (κ3) is 3.08. The van der Waals surface area contributed by atoms with E-state index in [2.05, 4.69) is 13.8 Å². The summed E-state index contributed by atoms with van der Waals surface area (Å²) >= 11 is 12.5. The van der Waals surface area contributed by atoms with Crippen LogP contribution >= 0.6 is 23.2 Å². The number of para-hydroxylation sites is 2. The molecule has 0 bridgehead atoms. The van der Waals surface area contributed by atoms with Gasteiger partial charge in [-0.05, 0) is 36.6 Å². The maximum atomic E-state index is 13.4. The van der Waals surface area contributed by atoms with Crippen molar-refractivity contribution in [2.75, 3.05) is 9.96 Å². The first-order valence-corrected chi connectivity index (χ1v) is 9.98. The number of hydroxylamine groups is 1. The molecular formula is C21H20Cl2N2O3. The SMILES string of the molecule is CC(C)C[C@H]1[C@H]2C(=O)N(c3c(Cl)cccc3Cl)C(=O)[C@@H]2ON1c1ccccc1. The fraction of sp³-hybridized carbons (Fsp3) is 0.333. The van der Waals surface area contributed by atoms with Crippen molar-refractivity contribution in [2.24, 2.45) is 11.8 Å². The molecule has 2 aromatic rings. The first-order chi connectivity index (χ1) is 13.4. The lowest BCUT2D eigenvalue weighted by Gasteiger charge is -2.29. The van der Waals surface area contributed by atoms with Crippen LogP contribution in [0.3, 0.4) is 0 Å². The molecule has 2 fully saturated rings. The average molecular weight is 419 g/mol. The lowest BCUT2D eigenvalue weighted by atomic mass is 9.90. The summed E-state index contributed by atoms with van der Waals surface area (Å²) in [5, 5.41) is 2.24. The predicted molar refractivity (Wildman–Crippen MR) is 109 cm³/mol. The van der Waals surface area contributed by atoms with Crippen molar-refractivity contribution in [1.82, 2.24) is 0 Å². The number of nitrogens with zero attached hydrogens (tertiary/aromatic N) is 2.